The first-order valence-corrected chi connectivity index (χ1v) is 16.1. The molecule has 0 aliphatic carbocycles. The number of fused-ring (bicyclic) bond motifs is 8. The maximum absolute atomic E-state index is 5.38. The molecule has 0 bridgehead atoms. The molecule has 4 heterocycles. The van der Waals surface area contributed by atoms with Crippen molar-refractivity contribution in [3.63, 3.8) is 0 Å². The molecular formula is C44H26N4Pt. The number of aromatic nitrogens is 4. The number of pyridine rings is 2. The fourth-order valence-electron chi connectivity index (χ4n) is 7.20. The summed E-state index contributed by atoms with van der Waals surface area (Å²) in [7, 11) is 0. The van der Waals surface area contributed by atoms with Crippen LogP contribution in [0, 0.1) is 6.07 Å². The van der Waals surface area contributed by atoms with Crippen LogP contribution in [0.5, 0.6) is 0 Å². The van der Waals surface area contributed by atoms with Gasteiger partial charge in [0.1, 0.15) is 5.65 Å². The Morgan fingerprint density at radius 1 is 0.571 bits per heavy atom. The molecule has 5 heteroatoms. The third kappa shape index (κ3) is 4.71. The van der Waals surface area contributed by atoms with Crippen molar-refractivity contribution in [1.29, 1.82) is 0 Å². The Balaban J connectivity index is 0.00000325. The normalized spacial score (nSPS) is 11.5. The van der Waals surface area contributed by atoms with E-state index in [1.165, 1.54) is 21.5 Å². The largest absolute Gasteiger partial charge is 2.00 e. The van der Waals surface area contributed by atoms with Crippen LogP contribution in [0.15, 0.2) is 158 Å². The summed E-state index contributed by atoms with van der Waals surface area (Å²) in [4.78, 5) is 15.4. The molecule has 4 nitrogen and oxygen atoms in total. The minimum absolute atomic E-state index is 0. The van der Waals surface area contributed by atoms with Gasteiger partial charge in [0.15, 0.2) is 0 Å². The van der Waals surface area contributed by atoms with Crippen molar-refractivity contribution in [2.45, 2.75) is 0 Å². The fraction of sp³-hybridized carbons (Fsp3) is 0. The van der Waals surface area contributed by atoms with Crippen molar-refractivity contribution in [2.24, 2.45) is 0 Å². The second kappa shape index (κ2) is 11.7. The Morgan fingerprint density at radius 3 is 2.20 bits per heavy atom. The summed E-state index contributed by atoms with van der Waals surface area (Å²) in [5, 5.41) is 6.98. The van der Waals surface area contributed by atoms with Crippen LogP contribution < -0.4 is 4.98 Å². The summed E-state index contributed by atoms with van der Waals surface area (Å²) in [5.74, 6) is 0. The van der Waals surface area contributed by atoms with Crippen molar-refractivity contribution >= 4 is 54.5 Å². The van der Waals surface area contributed by atoms with Gasteiger partial charge < -0.3 is 9.55 Å². The minimum atomic E-state index is 0. The number of hydrogen-bond acceptors (Lipinski definition) is 2. The molecule has 10 rings (SSSR count). The van der Waals surface area contributed by atoms with Gasteiger partial charge in [0.25, 0.3) is 0 Å². The van der Waals surface area contributed by atoms with Gasteiger partial charge in [-0.25, -0.2) is 4.98 Å². The van der Waals surface area contributed by atoms with Crippen LogP contribution in [0.25, 0.3) is 93.8 Å². The molecule has 0 N–H and O–H groups in total. The van der Waals surface area contributed by atoms with Gasteiger partial charge in [-0.15, -0.1) is 40.9 Å². The zero-order valence-corrected chi connectivity index (χ0v) is 28.4. The molecule has 0 radical (unpaired) electrons. The molecular weight excluding hydrogens is 780 g/mol. The molecule has 232 valence electrons. The molecule has 49 heavy (non-hydrogen) atoms. The molecule has 0 fully saturated rings. The van der Waals surface area contributed by atoms with E-state index in [0.29, 0.717) is 0 Å². The van der Waals surface area contributed by atoms with Crippen molar-refractivity contribution in [2.75, 3.05) is 0 Å². The maximum atomic E-state index is 5.38. The van der Waals surface area contributed by atoms with Crippen LogP contribution in [0.3, 0.4) is 0 Å². The van der Waals surface area contributed by atoms with Gasteiger partial charge in [-0.05, 0) is 79.9 Å². The first-order chi connectivity index (χ1) is 23.8. The summed E-state index contributed by atoms with van der Waals surface area (Å²) >= 11 is 0. The number of para-hydroxylation sites is 2. The van der Waals surface area contributed by atoms with E-state index in [2.05, 4.69) is 156 Å². The van der Waals surface area contributed by atoms with E-state index in [1.807, 2.05) is 12.3 Å². The number of hydrogen-bond donors (Lipinski definition) is 0. The Bertz CT molecular complexity index is 2800. The molecule has 6 aromatic carbocycles. The Kier molecular flexibility index (Phi) is 7.00. The molecule has 0 saturated heterocycles. The first-order valence-electron chi connectivity index (χ1n) is 16.1. The Hall–Kier alpha value is -5.83. The number of nitrogens with zero attached hydrogens (tertiary/aromatic N) is 4. The van der Waals surface area contributed by atoms with Gasteiger partial charge in [-0.3, -0.25) is 4.98 Å². The van der Waals surface area contributed by atoms with Gasteiger partial charge in [-0.1, -0.05) is 103 Å². The summed E-state index contributed by atoms with van der Waals surface area (Å²) in [6.07, 6.45) is 1.85. The monoisotopic (exact) mass is 805 g/mol. The predicted octanol–water partition coefficient (Wildman–Crippen LogP) is 10.8. The van der Waals surface area contributed by atoms with Gasteiger partial charge in [0.05, 0.1) is 11.2 Å². The third-order valence-corrected chi connectivity index (χ3v) is 9.37. The van der Waals surface area contributed by atoms with Crippen molar-refractivity contribution < 1.29 is 21.1 Å². The average Bonchev–Trinajstić information content (AvgIpc) is 3.71. The van der Waals surface area contributed by atoms with Gasteiger partial charge >= 0.3 is 21.1 Å². The van der Waals surface area contributed by atoms with Crippen molar-refractivity contribution in [3.8, 4) is 39.3 Å². The van der Waals surface area contributed by atoms with Crippen molar-refractivity contribution in [1.82, 2.24) is 19.5 Å². The smallest absolute Gasteiger partial charge is 0.656 e. The van der Waals surface area contributed by atoms with Crippen LogP contribution in [-0.4, -0.2) is 14.5 Å². The van der Waals surface area contributed by atoms with E-state index in [0.717, 1.165) is 72.3 Å². The Labute approximate surface area is 297 Å². The van der Waals surface area contributed by atoms with E-state index in [4.69, 9.17) is 15.0 Å². The first kappa shape index (κ1) is 29.3. The van der Waals surface area contributed by atoms with E-state index < -0.39 is 0 Å². The number of rotatable bonds is 4. The third-order valence-electron chi connectivity index (χ3n) is 9.37. The summed E-state index contributed by atoms with van der Waals surface area (Å²) in [6.45, 7) is 0. The molecule has 0 unspecified atom stereocenters. The maximum Gasteiger partial charge on any atom is 2.00 e. The van der Waals surface area contributed by atoms with Crippen molar-refractivity contribution in [3.05, 3.63) is 164 Å². The molecule has 0 aliphatic rings. The van der Waals surface area contributed by atoms with E-state index in [9.17, 15) is 0 Å². The number of benzene rings is 6. The SMILES string of the molecule is [Pt+2].[c-]1c(-c2cc(-c3ccccc3)cc(-c3cc4ccccc4c4c3[n-]c3ccccc34)n2)cccc1-n1c2ccccc2c2cccnc21. The van der Waals surface area contributed by atoms with Crippen LogP contribution in [-0.2, 0) is 21.1 Å². The second-order valence-electron chi connectivity index (χ2n) is 12.2. The second-order valence-corrected chi connectivity index (χ2v) is 12.2. The summed E-state index contributed by atoms with van der Waals surface area (Å²) < 4.78 is 2.20. The molecule has 0 spiro atoms. The molecule has 0 amide bonds. The summed E-state index contributed by atoms with van der Waals surface area (Å²) in [5.41, 5.74) is 10.7. The average molecular weight is 806 g/mol. The van der Waals surface area contributed by atoms with E-state index in [1.54, 1.807) is 0 Å². The summed E-state index contributed by atoms with van der Waals surface area (Å²) in [6, 6.07) is 56.7. The van der Waals surface area contributed by atoms with Gasteiger partial charge in [-0.2, -0.15) is 0 Å². The molecule has 0 saturated carbocycles. The standard InChI is InChI=1S/C44H26N4.Pt/c1-2-12-28(13-3-1)31-26-39(30-15-10-16-32(24-30)48-41-22-9-7-18-34(41)35-20-11-23-45-44(35)48)46-40(27-31)37-25-29-14-4-5-17-33(29)42-36-19-6-8-21-38(36)47-43(37)42;/h1-23,25-27H;/q-2;+2. The van der Waals surface area contributed by atoms with Gasteiger partial charge in [0.2, 0.25) is 0 Å². The fourth-order valence-corrected chi connectivity index (χ4v) is 7.20. The van der Waals surface area contributed by atoms with E-state index >= 15 is 0 Å². The van der Waals surface area contributed by atoms with Crippen LogP contribution in [0.1, 0.15) is 0 Å². The van der Waals surface area contributed by atoms with Crippen LogP contribution >= 0.6 is 0 Å². The molecule has 0 atom stereocenters. The molecule has 4 aromatic heterocycles. The van der Waals surface area contributed by atoms with E-state index in [-0.39, 0.29) is 21.1 Å². The molecule has 0 aliphatic heterocycles. The zero-order valence-electron chi connectivity index (χ0n) is 26.1. The predicted molar refractivity (Wildman–Crippen MR) is 197 cm³/mol. The van der Waals surface area contributed by atoms with Crippen LogP contribution in [0.2, 0.25) is 0 Å². The van der Waals surface area contributed by atoms with Crippen LogP contribution in [0.4, 0.5) is 0 Å². The minimum Gasteiger partial charge on any atom is -0.656 e. The topological polar surface area (TPSA) is 44.8 Å². The quantitative estimate of drug-likeness (QED) is 0.166. The Morgan fingerprint density at radius 2 is 1.31 bits per heavy atom. The zero-order chi connectivity index (χ0) is 31.6. The molecule has 10 aromatic rings. The van der Waals surface area contributed by atoms with Gasteiger partial charge in [0, 0.05) is 17.0 Å².